The normalized spacial score (nSPS) is 17.9. The Hall–Kier alpha value is -3.17. The number of rotatable bonds is 3. The zero-order chi connectivity index (χ0) is 21.8. The molecule has 0 bridgehead atoms. The van der Waals surface area contributed by atoms with Crippen LogP contribution in [0, 0.1) is 17.2 Å². The molecule has 0 aliphatic carbocycles. The van der Waals surface area contributed by atoms with Crippen LogP contribution in [0.25, 0.3) is 11.1 Å². The minimum atomic E-state index is -0.0335. The second-order valence-electron chi connectivity index (χ2n) is 8.40. The minimum Gasteiger partial charge on any atom is -0.340 e. The van der Waals surface area contributed by atoms with E-state index in [1.807, 2.05) is 52.3 Å². The molecule has 2 aromatic rings. The van der Waals surface area contributed by atoms with E-state index < -0.39 is 0 Å². The number of hydrogen-bond acceptors (Lipinski definition) is 4. The Morgan fingerprint density at radius 2 is 1.45 bits per heavy atom. The highest BCUT2D eigenvalue weighted by Crippen LogP contribution is 2.29. The van der Waals surface area contributed by atoms with Crippen molar-refractivity contribution in [3.8, 4) is 17.2 Å². The standard InChI is InChI=1S/C25H28N4O2/c1-27-14-16-29(17-15-27)24(30)19-10-12-28(13-11-19)25(31)23-9-5-4-8-22(23)21-7-3-2-6-20(21)18-26/h2-9,19H,10-17H2,1H3. The Bertz CT molecular complexity index is 997. The Labute approximate surface area is 183 Å². The highest BCUT2D eigenvalue weighted by Gasteiger charge is 2.32. The lowest BCUT2D eigenvalue weighted by atomic mass is 9.92. The fraction of sp³-hybridized carbons (Fsp3) is 0.400. The van der Waals surface area contributed by atoms with Gasteiger partial charge in [-0.15, -0.1) is 0 Å². The van der Waals surface area contributed by atoms with Gasteiger partial charge in [0, 0.05) is 56.3 Å². The van der Waals surface area contributed by atoms with Gasteiger partial charge in [0.2, 0.25) is 5.91 Å². The number of likely N-dealkylation sites (N-methyl/N-ethyl adjacent to an activating group) is 1. The molecule has 0 atom stereocenters. The van der Waals surface area contributed by atoms with Crippen LogP contribution in [0.5, 0.6) is 0 Å². The number of nitrogens with zero attached hydrogens (tertiary/aromatic N) is 4. The predicted molar refractivity (Wildman–Crippen MR) is 119 cm³/mol. The number of piperazine rings is 1. The minimum absolute atomic E-state index is 0.00187. The van der Waals surface area contributed by atoms with E-state index in [0.717, 1.165) is 37.3 Å². The Morgan fingerprint density at radius 1 is 0.839 bits per heavy atom. The highest BCUT2D eigenvalue weighted by molar-refractivity contribution is 6.01. The van der Waals surface area contributed by atoms with Crippen LogP contribution in [0.3, 0.4) is 0 Å². The number of nitriles is 1. The molecule has 2 fully saturated rings. The zero-order valence-electron chi connectivity index (χ0n) is 18.0. The van der Waals surface area contributed by atoms with Crippen molar-refractivity contribution in [3.63, 3.8) is 0 Å². The topological polar surface area (TPSA) is 67.7 Å². The Balaban J connectivity index is 1.45. The van der Waals surface area contributed by atoms with Crippen LogP contribution in [0.1, 0.15) is 28.8 Å². The predicted octanol–water partition coefficient (Wildman–Crippen LogP) is 2.85. The van der Waals surface area contributed by atoms with E-state index in [-0.39, 0.29) is 17.7 Å². The lowest BCUT2D eigenvalue weighted by Gasteiger charge is -2.37. The van der Waals surface area contributed by atoms with Gasteiger partial charge in [-0.3, -0.25) is 9.59 Å². The van der Waals surface area contributed by atoms with Gasteiger partial charge in [-0.05, 0) is 37.6 Å². The van der Waals surface area contributed by atoms with Crippen molar-refractivity contribution in [2.24, 2.45) is 5.92 Å². The van der Waals surface area contributed by atoms with Crippen molar-refractivity contribution in [1.82, 2.24) is 14.7 Å². The summed E-state index contributed by atoms with van der Waals surface area (Å²) in [5, 5.41) is 9.48. The third kappa shape index (κ3) is 4.47. The SMILES string of the molecule is CN1CCN(C(=O)C2CCN(C(=O)c3ccccc3-c3ccccc3C#N)CC2)CC1. The van der Waals surface area contributed by atoms with Crippen molar-refractivity contribution >= 4 is 11.8 Å². The molecule has 0 unspecified atom stereocenters. The average Bonchev–Trinajstić information content (AvgIpc) is 2.83. The number of likely N-dealkylation sites (tertiary alicyclic amines) is 1. The van der Waals surface area contributed by atoms with Gasteiger partial charge >= 0.3 is 0 Å². The molecule has 2 amide bonds. The average molecular weight is 417 g/mol. The van der Waals surface area contributed by atoms with Gasteiger partial charge in [-0.25, -0.2) is 0 Å². The number of carbonyl (C=O) groups excluding carboxylic acids is 2. The molecule has 0 aromatic heterocycles. The van der Waals surface area contributed by atoms with Crippen molar-refractivity contribution in [2.45, 2.75) is 12.8 Å². The third-order valence-electron chi connectivity index (χ3n) is 6.44. The van der Waals surface area contributed by atoms with E-state index in [2.05, 4.69) is 18.0 Å². The van der Waals surface area contributed by atoms with Gasteiger partial charge in [-0.1, -0.05) is 36.4 Å². The fourth-order valence-electron chi connectivity index (χ4n) is 4.50. The van der Waals surface area contributed by atoms with Gasteiger partial charge in [0.25, 0.3) is 5.91 Å². The molecule has 4 rings (SSSR count). The molecule has 31 heavy (non-hydrogen) atoms. The highest BCUT2D eigenvalue weighted by atomic mass is 16.2. The van der Waals surface area contributed by atoms with Gasteiger partial charge in [-0.2, -0.15) is 5.26 Å². The lowest BCUT2D eigenvalue weighted by molar-refractivity contribution is -0.138. The van der Waals surface area contributed by atoms with Crippen molar-refractivity contribution in [1.29, 1.82) is 5.26 Å². The van der Waals surface area contributed by atoms with Crippen LogP contribution in [-0.4, -0.2) is 72.8 Å². The summed E-state index contributed by atoms with van der Waals surface area (Å²) in [6.07, 6.45) is 1.40. The van der Waals surface area contributed by atoms with Crippen LogP contribution in [-0.2, 0) is 4.79 Å². The maximum Gasteiger partial charge on any atom is 0.254 e. The van der Waals surface area contributed by atoms with E-state index in [0.29, 0.717) is 37.1 Å². The summed E-state index contributed by atoms with van der Waals surface area (Å²) in [5.74, 6) is 0.208. The number of hydrogen-bond donors (Lipinski definition) is 0. The maximum absolute atomic E-state index is 13.3. The summed E-state index contributed by atoms with van der Waals surface area (Å²) in [4.78, 5) is 32.3. The van der Waals surface area contributed by atoms with Crippen molar-refractivity contribution in [2.75, 3.05) is 46.3 Å². The Kier molecular flexibility index (Phi) is 6.34. The first kappa shape index (κ1) is 21.1. The first-order valence-corrected chi connectivity index (χ1v) is 10.9. The molecule has 0 saturated carbocycles. The molecule has 2 heterocycles. The summed E-state index contributed by atoms with van der Waals surface area (Å²) >= 11 is 0. The molecule has 160 valence electrons. The first-order chi connectivity index (χ1) is 15.1. The molecular weight excluding hydrogens is 388 g/mol. The summed E-state index contributed by atoms with van der Waals surface area (Å²) in [5.41, 5.74) is 2.71. The van der Waals surface area contributed by atoms with Gasteiger partial charge < -0.3 is 14.7 Å². The number of piperidine rings is 1. The largest absolute Gasteiger partial charge is 0.340 e. The molecule has 0 spiro atoms. The number of benzene rings is 2. The zero-order valence-corrected chi connectivity index (χ0v) is 18.0. The third-order valence-corrected chi connectivity index (χ3v) is 6.44. The van der Waals surface area contributed by atoms with Gasteiger partial charge in [0.1, 0.15) is 0 Å². The van der Waals surface area contributed by atoms with Crippen molar-refractivity contribution in [3.05, 3.63) is 59.7 Å². The van der Waals surface area contributed by atoms with Crippen LogP contribution in [0.2, 0.25) is 0 Å². The summed E-state index contributed by atoms with van der Waals surface area (Å²) < 4.78 is 0. The molecule has 2 aromatic carbocycles. The van der Waals surface area contributed by atoms with Crippen LogP contribution in [0.15, 0.2) is 48.5 Å². The molecular formula is C25H28N4O2. The molecule has 2 aliphatic heterocycles. The molecule has 0 N–H and O–H groups in total. The fourth-order valence-corrected chi connectivity index (χ4v) is 4.50. The summed E-state index contributed by atoms with van der Waals surface area (Å²) in [7, 11) is 2.08. The monoisotopic (exact) mass is 416 g/mol. The maximum atomic E-state index is 13.3. The van der Waals surface area contributed by atoms with Crippen LogP contribution in [0.4, 0.5) is 0 Å². The van der Waals surface area contributed by atoms with Gasteiger partial charge in [0.05, 0.1) is 11.6 Å². The lowest BCUT2D eigenvalue weighted by Crippen LogP contribution is -2.51. The second kappa shape index (κ2) is 9.32. The number of amides is 2. The second-order valence-corrected chi connectivity index (χ2v) is 8.40. The quantitative estimate of drug-likeness (QED) is 0.772. The molecule has 6 nitrogen and oxygen atoms in total. The van der Waals surface area contributed by atoms with E-state index in [1.165, 1.54) is 0 Å². The van der Waals surface area contributed by atoms with E-state index in [9.17, 15) is 14.9 Å². The van der Waals surface area contributed by atoms with E-state index in [4.69, 9.17) is 0 Å². The molecule has 0 radical (unpaired) electrons. The smallest absolute Gasteiger partial charge is 0.254 e. The molecule has 6 heteroatoms. The van der Waals surface area contributed by atoms with Crippen LogP contribution >= 0.6 is 0 Å². The van der Waals surface area contributed by atoms with E-state index in [1.54, 1.807) is 6.07 Å². The summed E-state index contributed by atoms with van der Waals surface area (Å²) in [6, 6.07) is 17.1. The van der Waals surface area contributed by atoms with E-state index >= 15 is 0 Å². The molecule has 2 aliphatic rings. The Morgan fingerprint density at radius 3 is 2.13 bits per heavy atom. The van der Waals surface area contributed by atoms with Gasteiger partial charge in [0.15, 0.2) is 0 Å². The van der Waals surface area contributed by atoms with Crippen molar-refractivity contribution < 1.29 is 9.59 Å². The number of carbonyl (C=O) groups is 2. The first-order valence-electron chi connectivity index (χ1n) is 10.9. The summed E-state index contributed by atoms with van der Waals surface area (Å²) in [6.45, 7) is 4.59. The molecule has 2 saturated heterocycles. The van der Waals surface area contributed by atoms with Crippen LogP contribution < -0.4 is 0 Å².